The minimum Gasteiger partial charge on any atom is -0.469 e. The number of hydrogen-bond donors (Lipinski definition) is 4. The number of carbonyl (C=O) groups excluding carboxylic acids is 2. The number of nitrogens with one attached hydrogen (secondary N) is 4. The van der Waals surface area contributed by atoms with Crippen LogP contribution in [0, 0.1) is 32.6 Å². The summed E-state index contributed by atoms with van der Waals surface area (Å²) in [7, 11) is 2.82. The first-order chi connectivity index (χ1) is 20.1. The Morgan fingerprint density at radius 3 is 2.05 bits per heavy atom. The van der Waals surface area contributed by atoms with Crippen molar-refractivity contribution < 1.29 is 19.1 Å². The van der Waals surface area contributed by atoms with Crippen LogP contribution in [0.4, 0.5) is 0 Å². The van der Waals surface area contributed by atoms with Crippen LogP contribution in [0.5, 0.6) is 0 Å². The third-order valence-electron chi connectivity index (χ3n) is 9.16. The van der Waals surface area contributed by atoms with Crippen molar-refractivity contribution in [2.75, 3.05) is 14.2 Å². The Kier molecular flexibility index (Phi) is 8.08. The number of methoxy groups -OCH3 is 2. The molecular weight excluding hydrogens is 528 g/mol. The fourth-order valence-corrected chi connectivity index (χ4v) is 6.61. The van der Waals surface area contributed by atoms with Gasteiger partial charge in [0, 0.05) is 57.4 Å². The molecule has 2 aliphatic heterocycles. The normalized spacial score (nSPS) is 17.5. The SMILES string of the molecule is CCc1c2[nH]c(c1C)C=C1NC(=Cc3[nH]c(c(C)c3C(=O)OC)C=c3[nH]c(c(C)c3CC)=C2)[C@H](CCC(=O)OC)[C@@H]1C. The molecule has 42 heavy (non-hydrogen) atoms. The number of hydrogen-bond acceptors (Lipinski definition) is 5. The van der Waals surface area contributed by atoms with Gasteiger partial charge in [0.2, 0.25) is 0 Å². The number of aromatic nitrogens is 3. The van der Waals surface area contributed by atoms with Gasteiger partial charge < -0.3 is 29.7 Å². The smallest absolute Gasteiger partial charge is 0.340 e. The van der Waals surface area contributed by atoms with E-state index in [1.807, 2.05) is 13.0 Å². The largest absolute Gasteiger partial charge is 0.469 e. The Morgan fingerprint density at radius 2 is 1.38 bits per heavy atom. The van der Waals surface area contributed by atoms with Gasteiger partial charge in [0.05, 0.1) is 25.5 Å². The van der Waals surface area contributed by atoms with E-state index >= 15 is 0 Å². The molecule has 3 aromatic heterocycles. The lowest BCUT2D eigenvalue weighted by molar-refractivity contribution is -0.140. The van der Waals surface area contributed by atoms with Crippen LogP contribution < -0.4 is 16.0 Å². The molecule has 3 aromatic rings. The van der Waals surface area contributed by atoms with Gasteiger partial charge in [0.1, 0.15) is 0 Å². The van der Waals surface area contributed by atoms with Crippen LogP contribution >= 0.6 is 0 Å². The van der Waals surface area contributed by atoms with E-state index in [0.717, 1.165) is 57.6 Å². The molecule has 0 unspecified atom stereocenters. The molecule has 1 fully saturated rings. The predicted molar refractivity (Wildman–Crippen MR) is 166 cm³/mol. The van der Waals surface area contributed by atoms with Crippen LogP contribution in [0.15, 0.2) is 11.4 Å². The molecule has 222 valence electrons. The van der Waals surface area contributed by atoms with Crippen LogP contribution in [0.2, 0.25) is 0 Å². The molecule has 8 heteroatoms. The molecule has 0 amide bonds. The molecule has 2 atom stereocenters. The molecule has 0 radical (unpaired) electrons. The van der Waals surface area contributed by atoms with Gasteiger partial charge in [-0.1, -0.05) is 20.8 Å². The zero-order valence-corrected chi connectivity index (χ0v) is 25.9. The Morgan fingerprint density at radius 1 is 0.738 bits per heavy atom. The third-order valence-corrected chi connectivity index (χ3v) is 9.16. The van der Waals surface area contributed by atoms with E-state index in [1.165, 1.54) is 36.5 Å². The number of carbonyl (C=O) groups is 2. The Balaban J connectivity index is 1.83. The average Bonchev–Trinajstić information content (AvgIpc) is 3.64. The first-order valence-electron chi connectivity index (χ1n) is 14.8. The second-order valence-corrected chi connectivity index (χ2v) is 11.4. The molecule has 8 nitrogen and oxygen atoms in total. The highest BCUT2D eigenvalue weighted by atomic mass is 16.5. The summed E-state index contributed by atoms with van der Waals surface area (Å²) in [4.78, 5) is 36.1. The van der Waals surface area contributed by atoms with E-state index < -0.39 is 5.97 Å². The van der Waals surface area contributed by atoms with E-state index in [-0.39, 0.29) is 17.8 Å². The first-order valence-corrected chi connectivity index (χ1v) is 14.8. The van der Waals surface area contributed by atoms with Gasteiger partial charge >= 0.3 is 11.9 Å². The second kappa shape index (κ2) is 11.6. The van der Waals surface area contributed by atoms with Crippen LogP contribution in [0.3, 0.4) is 0 Å². The van der Waals surface area contributed by atoms with Crippen LogP contribution in [-0.2, 0) is 27.1 Å². The van der Waals surface area contributed by atoms with Crippen molar-refractivity contribution in [3.8, 4) is 0 Å². The highest BCUT2D eigenvalue weighted by Gasteiger charge is 2.34. The maximum atomic E-state index is 13.1. The Labute approximate surface area is 247 Å². The number of fused-ring (bicyclic) bond motifs is 8. The maximum absolute atomic E-state index is 13.1. The predicted octanol–water partition coefficient (Wildman–Crippen LogP) is 4.67. The number of rotatable bonds is 6. The summed E-state index contributed by atoms with van der Waals surface area (Å²) in [6.07, 6.45) is 11.2. The van der Waals surface area contributed by atoms with E-state index in [1.54, 1.807) is 0 Å². The molecule has 4 N–H and O–H groups in total. The van der Waals surface area contributed by atoms with E-state index in [9.17, 15) is 9.59 Å². The molecule has 0 aromatic carbocycles. The highest BCUT2D eigenvalue weighted by Crippen LogP contribution is 2.39. The molecule has 5 rings (SSSR count). The minimum atomic E-state index is -0.394. The van der Waals surface area contributed by atoms with Crippen LogP contribution in [-0.4, -0.2) is 41.1 Å². The number of ether oxygens (including phenoxy) is 2. The summed E-state index contributed by atoms with van der Waals surface area (Å²) < 4.78 is 10.2. The van der Waals surface area contributed by atoms with Crippen molar-refractivity contribution in [1.82, 2.24) is 20.3 Å². The van der Waals surface area contributed by atoms with Crippen LogP contribution in [0.1, 0.15) is 94.6 Å². The van der Waals surface area contributed by atoms with E-state index in [0.29, 0.717) is 24.1 Å². The van der Waals surface area contributed by atoms with Gasteiger partial charge in [-0.3, -0.25) is 4.79 Å². The van der Waals surface area contributed by atoms with Gasteiger partial charge in [-0.05, 0) is 92.2 Å². The number of allylic oxidation sites excluding steroid dienone is 2. The molecule has 1 saturated heterocycles. The summed E-state index contributed by atoms with van der Waals surface area (Å²) in [6, 6.07) is 0. The van der Waals surface area contributed by atoms with Crippen molar-refractivity contribution in [2.24, 2.45) is 11.8 Å². The summed E-state index contributed by atoms with van der Waals surface area (Å²) in [5, 5.41) is 5.74. The number of esters is 2. The van der Waals surface area contributed by atoms with E-state index in [2.05, 4.69) is 73.1 Å². The fourth-order valence-electron chi connectivity index (χ4n) is 6.61. The quantitative estimate of drug-likeness (QED) is 0.322. The van der Waals surface area contributed by atoms with Crippen molar-refractivity contribution in [3.05, 3.63) is 78.2 Å². The van der Waals surface area contributed by atoms with Crippen molar-refractivity contribution >= 4 is 36.2 Å². The summed E-state index contributed by atoms with van der Waals surface area (Å²) in [5.41, 5.74) is 12.0. The summed E-state index contributed by atoms with van der Waals surface area (Å²) in [6.45, 7) is 12.8. The molecule has 0 aliphatic carbocycles. The molecular formula is C34H42N4O4. The lowest BCUT2D eigenvalue weighted by Crippen LogP contribution is -2.12. The minimum absolute atomic E-state index is 0.0272. The van der Waals surface area contributed by atoms with Gasteiger partial charge in [-0.25, -0.2) is 4.79 Å². The highest BCUT2D eigenvalue weighted by molar-refractivity contribution is 5.96. The maximum Gasteiger partial charge on any atom is 0.340 e. The summed E-state index contributed by atoms with van der Waals surface area (Å²) in [5.74, 6) is -0.491. The third kappa shape index (κ3) is 5.03. The molecule has 5 heterocycles. The second-order valence-electron chi connectivity index (χ2n) is 11.4. The van der Waals surface area contributed by atoms with Crippen LogP contribution in [0.25, 0.3) is 24.3 Å². The Hall–Kier alpha value is -4.20. The lowest BCUT2D eigenvalue weighted by Gasteiger charge is -2.15. The molecule has 8 bridgehead atoms. The molecule has 2 aliphatic rings. The van der Waals surface area contributed by atoms with Crippen molar-refractivity contribution in [1.29, 1.82) is 0 Å². The topological polar surface area (TPSA) is 112 Å². The standard InChI is InChI=1S/C34H42N4O4/c1-9-21-17(3)24-13-25-19(5)23(11-12-32(39)41-7)30(37-25)16-31-33(34(40)42-8)20(6)27(38-31)15-29-22(10-2)18(4)26(36-29)14-28(21)35-24/h13-16,19,23,35-38H,9-12H2,1-8H3/t19-,23+/m0/s1. The summed E-state index contributed by atoms with van der Waals surface area (Å²) >= 11 is 0. The Bertz CT molecular complexity index is 1740. The molecule has 0 saturated carbocycles. The zero-order chi connectivity index (χ0) is 30.3. The van der Waals surface area contributed by atoms with Crippen molar-refractivity contribution in [3.63, 3.8) is 0 Å². The number of aromatic amines is 3. The van der Waals surface area contributed by atoms with E-state index in [4.69, 9.17) is 9.47 Å². The van der Waals surface area contributed by atoms with Gasteiger partial charge in [-0.15, -0.1) is 0 Å². The first kappa shape index (κ1) is 29.3. The lowest BCUT2D eigenvalue weighted by atomic mass is 9.88. The average molecular weight is 571 g/mol. The monoisotopic (exact) mass is 570 g/mol. The van der Waals surface area contributed by atoms with Gasteiger partial charge in [0.25, 0.3) is 0 Å². The zero-order valence-electron chi connectivity index (χ0n) is 25.9. The van der Waals surface area contributed by atoms with Crippen molar-refractivity contribution in [2.45, 2.75) is 67.2 Å². The number of H-pyrrole nitrogens is 3. The molecule has 0 spiro atoms. The fraction of sp³-hybridized carbons (Fsp3) is 0.412. The van der Waals surface area contributed by atoms with Gasteiger partial charge in [-0.2, -0.15) is 0 Å². The van der Waals surface area contributed by atoms with Gasteiger partial charge in [0.15, 0.2) is 0 Å².